The van der Waals surface area contributed by atoms with E-state index in [2.05, 4.69) is 5.32 Å². The van der Waals surface area contributed by atoms with Gasteiger partial charge in [-0.25, -0.2) is 4.79 Å². The monoisotopic (exact) mass is 330 g/mol. The van der Waals surface area contributed by atoms with E-state index in [1.54, 1.807) is 0 Å². The van der Waals surface area contributed by atoms with Crippen molar-refractivity contribution in [2.75, 3.05) is 0 Å². The summed E-state index contributed by atoms with van der Waals surface area (Å²) < 4.78 is 5.14. The van der Waals surface area contributed by atoms with Gasteiger partial charge in [0.15, 0.2) is 0 Å². The average Bonchev–Trinajstić information content (AvgIpc) is 2.36. The van der Waals surface area contributed by atoms with E-state index in [-0.39, 0.29) is 30.4 Å². The molecule has 2 aliphatic carbocycles. The summed E-state index contributed by atoms with van der Waals surface area (Å²) >= 11 is 0. The molecule has 6 heteroatoms. The van der Waals surface area contributed by atoms with E-state index in [9.17, 15) is 9.90 Å². The Kier molecular flexibility index (Phi) is 8.29. The first-order valence-electron chi connectivity index (χ1n) is 8.77. The highest BCUT2D eigenvalue weighted by atomic mass is 16.6. The SMILES string of the molecule is CC(C)(C)OC(=O)NC1CCCC(O)C1.NC1CCCC(O)C1. The summed E-state index contributed by atoms with van der Waals surface area (Å²) in [5, 5.41) is 21.2. The van der Waals surface area contributed by atoms with E-state index >= 15 is 0 Å². The molecule has 2 fully saturated rings. The molecular formula is C17H34N2O4. The van der Waals surface area contributed by atoms with Gasteiger partial charge >= 0.3 is 6.09 Å². The van der Waals surface area contributed by atoms with Crippen LogP contribution in [0.15, 0.2) is 0 Å². The third kappa shape index (κ3) is 9.79. The number of hydrogen-bond acceptors (Lipinski definition) is 5. The summed E-state index contributed by atoms with van der Waals surface area (Å²) in [5.41, 5.74) is 5.10. The molecule has 136 valence electrons. The lowest BCUT2D eigenvalue weighted by Crippen LogP contribution is -2.42. The maximum absolute atomic E-state index is 11.4. The van der Waals surface area contributed by atoms with Gasteiger partial charge < -0.3 is 26.0 Å². The molecule has 0 bridgehead atoms. The first kappa shape index (κ1) is 20.2. The maximum Gasteiger partial charge on any atom is 0.407 e. The second-order valence-electron chi connectivity index (χ2n) is 7.74. The quantitative estimate of drug-likeness (QED) is 0.589. The van der Waals surface area contributed by atoms with Crippen LogP contribution >= 0.6 is 0 Å². The highest BCUT2D eigenvalue weighted by molar-refractivity contribution is 5.68. The molecule has 1 amide bonds. The zero-order chi connectivity index (χ0) is 17.5. The first-order chi connectivity index (χ1) is 10.7. The zero-order valence-corrected chi connectivity index (χ0v) is 14.8. The van der Waals surface area contributed by atoms with Gasteiger partial charge in [-0.3, -0.25) is 0 Å². The van der Waals surface area contributed by atoms with E-state index in [1.807, 2.05) is 20.8 Å². The molecule has 2 aliphatic rings. The number of carbonyl (C=O) groups is 1. The highest BCUT2D eigenvalue weighted by Gasteiger charge is 2.24. The Morgan fingerprint density at radius 3 is 2.04 bits per heavy atom. The predicted octanol–water partition coefficient (Wildman–Crippen LogP) is 2.06. The van der Waals surface area contributed by atoms with Crippen molar-refractivity contribution >= 4 is 6.09 Å². The normalized spacial score (nSPS) is 31.6. The summed E-state index contributed by atoms with van der Waals surface area (Å²) in [7, 11) is 0. The van der Waals surface area contributed by atoms with Gasteiger partial charge in [-0.1, -0.05) is 0 Å². The molecule has 0 aromatic heterocycles. The number of carbonyl (C=O) groups excluding carboxylic acids is 1. The second kappa shape index (κ2) is 9.45. The van der Waals surface area contributed by atoms with Crippen molar-refractivity contribution in [1.29, 1.82) is 0 Å². The van der Waals surface area contributed by atoms with Gasteiger partial charge in [0, 0.05) is 12.1 Å². The van der Waals surface area contributed by atoms with Crippen LogP contribution < -0.4 is 11.1 Å². The smallest absolute Gasteiger partial charge is 0.407 e. The molecule has 6 nitrogen and oxygen atoms in total. The lowest BCUT2D eigenvalue weighted by molar-refractivity contribution is 0.0451. The Morgan fingerprint density at radius 1 is 1.04 bits per heavy atom. The van der Waals surface area contributed by atoms with Gasteiger partial charge in [-0.15, -0.1) is 0 Å². The maximum atomic E-state index is 11.4. The van der Waals surface area contributed by atoms with Crippen molar-refractivity contribution in [3.63, 3.8) is 0 Å². The van der Waals surface area contributed by atoms with Gasteiger partial charge in [0.25, 0.3) is 0 Å². The molecule has 0 radical (unpaired) electrons. The minimum absolute atomic E-state index is 0.0589. The average molecular weight is 330 g/mol. The number of alkyl carbamates (subject to hydrolysis) is 1. The summed E-state index contributed by atoms with van der Waals surface area (Å²) in [6.07, 6.45) is 6.54. The van der Waals surface area contributed by atoms with Crippen LogP contribution in [0, 0.1) is 0 Å². The Hall–Kier alpha value is -0.850. The number of rotatable bonds is 1. The fourth-order valence-electron chi connectivity index (χ4n) is 2.97. The summed E-state index contributed by atoms with van der Waals surface area (Å²) in [6.45, 7) is 5.51. The standard InChI is InChI=1S/C11H21NO3.C6H13NO/c1-11(2,3)15-10(14)12-8-5-4-6-9(13)7-8;7-5-2-1-3-6(8)4-5/h8-9,13H,4-7H2,1-3H3,(H,12,14);5-6,8H,1-4,7H2. The van der Waals surface area contributed by atoms with Crippen LogP contribution in [0.25, 0.3) is 0 Å². The van der Waals surface area contributed by atoms with Crippen LogP contribution in [0.4, 0.5) is 4.79 Å². The molecule has 0 aromatic rings. The third-order valence-electron chi connectivity index (χ3n) is 4.05. The number of hydrogen-bond donors (Lipinski definition) is 4. The summed E-state index contributed by atoms with van der Waals surface area (Å²) in [5.74, 6) is 0. The zero-order valence-electron chi connectivity index (χ0n) is 14.8. The topological polar surface area (TPSA) is 105 Å². The Bertz CT molecular complexity index is 349. The molecule has 4 atom stereocenters. The number of nitrogens with one attached hydrogen (secondary N) is 1. The van der Waals surface area contributed by atoms with E-state index < -0.39 is 5.60 Å². The van der Waals surface area contributed by atoms with Gasteiger partial charge in [-0.05, 0) is 72.1 Å². The molecule has 5 N–H and O–H groups in total. The van der Waals surface area contributed by atoms with E-state index in [4.69, 9.17) is 15.6 Å². The first-order valence-corrected chi connectivity index (χ1v) is 8.77. The van der Waals surface area contributed by atoms with Crippen molar-refractivity contribution in [2.24, 2.45) is 5.73 Å². The van der Waals surface area contributed by atoms with E-state index in [0.29, 0.717) is 6.42 Å². The van der Waals surface area contributed by atoms with Gasteiger partial charge in [0.2, 0.25) is 0 Å². The van der Waals surface area contributed by atoms with E-state index in [0.717, 1.165) is 44.9 Å². The van der Waals surface area contributed by atoms with Crippen molar-refractivity contribution in [2.45, 2.75) is 102 Å². The number of aliphatic hydroxyl groups excluding tert-OH is 2. The van der Waals surface area contributed by atoms with Gasteiger partial charge in [-0.2, -0.15) is 0 Å². The fraction of sp³-hybridized carbons (Fsp3) is 0.941. The Labute approximate surface area is 139 Å². The van der Waals surface area contributed by atoms with Crippen LogP contribution in [-0.2, 0) is 4.74 Å². The second-order valence-corrected chi connectivity index (χ2v) is 7.74. The molecule has 23 heavy (non-hydrogen) atoms. The summed E-state index contributed by atoms with van der Waals surface area (Å²) in [4.78, 5) is 11.4. The van der Waals surface area contributed by atoms with Crippen molar-refractivity contribution in [1.82, 2.24) is 5.32 Å². The molecule has 4 unspecified atom stereocenters. The Morgan fingerprint density at radius 2 is 1.61 bits per heavy atom. The van der Waals surface area contributed by atoms with Gasteiger partial charge in [0.1, 0.15) is 5.60 Å². The minimum Gasteiger partial charge on any atom is -0.444 e. The van der Waals surface area contributed by atoms with Crippen LogP contribution in [0.5, 0.6) is 0 Å². The molecule has 2 saturated carbocycles. The molecule has 0 aromatic carbocycles. The largest absolute Gasteiger partial charge is 0.444 e. The van der Waals surface area contributed by atoms with Crippen LogP contribution in [0.2, 0.25) is 0 Å². The third-order valence-corrected chi connectivity index (χ3v) is 4.05. The predicted molar refractivity (Wildman–Crippen MR) is 90.1 cm³/mol. The number of nitrogens with two attached hydrogens (primary N) is 1. The molecular weight excluding hydrogens is 296 g/mol. The fourth-order valence-corrected chi connectivity index (χ4v) is 2.97. The molecule has 2 rings (SSSR count). The van der Waals surface area contributed by atoms with Crippen molar-refractivity contribution < 1.29 is 19.7 Å². The van der Waals surface area contributed by atoms with Crippen molar-refractivity contribution in [3.05, 3.63) is 0 Å². The highest BCUT2D eigenvalue weighted by Crippen LogP contribution is 2.19. The van der Waals surface area contributed by atoms with Gasteiger partial charge in [0.05, 0.1) is 12.2 Å². The summed E-state index contributed by atoms with van der Waals surface area (Å²) in [6, 6.07) is 0.322. The minimum atomic E-state index is -0.461. The van der Waals surface area contributed by atoms with Crippen LogP contribution in [0.3, 0.4) is 0 Å². The lowest BCUT2D eigenvalue weighted by Gasteiger charge is -2.28. The Balaban J connectivity index is 0.000000277. The van der Waals surface area contributed by atoms with Crippen LogP contribution in [0.1, 0.15) is 72.1 Å². The van der Waals surface area contributed by atoms with Crippen molar-refractivity contribution in [3.8, 4) is 0 Å². The number of ether oxygens (including phenoxy) is 1. The number of amides is 1. The molecule has 0 spiro atoms. The lowest BCUT2D eigenvalue weighted by atomic mass is 9.93. The van der Waals surface area contributed by atoms with E-state index in [1.165, 1.54) is 0 Å². The number of aliphatic hydroxyl groups is 2. The molecule has 0 saturated heterocycles. The molecule has 0 heterocycles. The van der Waals surface area contributed by atoms with Crippen LogP contribution in [-0.4, -0.2) is 46.2 Å². The molecule has 0 aliphatic heterocycles.